The topological polar surface area (TPSA) is 29.3 Å². The first kappa shape index (κ1) is 12.9. The van der Waals surface area contributed by atoms with Gasteiger partial charge in [0.15, 0.2) is 0 Å². The van der Waals surface area contributed by atoms with E-state index in [1.165, 1.54) is 18.4 Å². The standard InChI is InChI=1S/C14H21ClN2/c1-11-2-3-13(8-16)10-17(11)9-12-4-6-14(15)7-5-12/h4-7,11,13H,2-3,8-10,16H2,1H3. The quantitative estimate of drug-likeness (QED) is 0.896. The first-order chi connectivity index (χ1) is 8.19. The lowest BCUT2D eigenvalue weighted by Crippen LogP contribution is -2.43. The van der Waals surface area contributed by atoms with Crippen molar-refractivity contribution in [3.8, 4) is 0 Å². The molecule has 17 heavy (non-hydrogen) atoms. The molecule has 1 aliphatic heterocycles. The fourth-order valence-electron chi connectivity index (χ4n) is 2.50. The number of rotatable bonds is 3. The van der Waals surface area contributed by atoms with Gasteiger partial charge < -0.3 is 5.73 Å². The summed E-state index contributed by atoms with van der Waals surface area (Å²) in [6.45, 7) is 5.25. The number of piperidine rings is 1. The van der Waals surface area contributed by atoms with Gasteiger partial charge >= 0.3 is 0 Å². The lowest BCUT2D eigenvalue weighted by molar-refractivity contribution is 0.113. The summed E-state index contributed by atoms with van der Waals surface area (Å²) in [5, 5.41) is 0.806. The molecule has 1 heterocycles. The van der Waals surface area contributed by atoms with Crippen LogP contribution in [0.3, 0.4) is 0 Å². The van der Waals surface area contributed by atoms with Gasteiger partial charge in [-0.05, 0) is 49.9 Å². The molecule has 1 aliphatic rings. The molecule has 3 heteroatoms. The van der Waals surface area contributed by atoms with Gasteiger partial charge in [0.25, 0.3) is 0 Å². The summed E-state index contributed by atoms with van der Waals surface area (Å²) in [5.41, 5.74) is 7.11. The van der Waals surface area contributed by atoms with Gasteiger partial charge in [0.05, 0.1) is 0 Å². The van der Waals surface area contributed by atoms with Crippen molar-refractivity contribution in [1.29, 1.82) is 0 Å². The number of hydrogen-bond acceptors (Lipinski definition) is 2. The van der Waals surface area contributed by atoms with Crippen LogP contribution in [0.4, 0.5) is 0 Å². The summed E-state index contributed by atoms with van der Waals surface area (Å²) in [6.07, 6.45) is 2.53. The maximum atomic E-state index is 5.90. The molecule has 1 fully saturated rings. The maximum Gasteiger partial charge on any atom is 0.0406 e. The third kappa shape index (κ3) is 3.44. The minimum absolute atomic E-state index is 0.661. The summed E-state index contributed by atoms with van der Waals surface area (Å²) < 4.78 is 0. The van der Waals surface area contributed by atoms with Crippen LogP contribution in [-0.2, 0) is 6.54 Å². The average molecular weight is 253 g/mol. The molecule has 0 spiro atoms. The van der Waals surface area contributed by atoms with Crippen molar-refractivity contribution in [2.24, 2.45) is 11.7 Å². The molecule has 0 aromatic heterocycles. The minimum Gasteiger partial charge on any atom is -0.330 e. The first-order valence-electron chi connectivity index (χ1n) is 6.37. The number of nitrogens with zero attached hydrogens (tertiary/aromatic N) is 1. The molecule has 0 saturated carbocycles. The third-order valence-corrected chi connectivity index (χ3v) is 3.99. The van der Waals surface area contributed by atoms with Crippen LogP contribution in [-0.4, -0.2) is 24.0 Å². The van der Waals surface area contributed by atoms with E-state index < -0.39 is 0 Å². The monoisotopic (exact) mass is 252 g/mol. The Hall–Kier alpha value is -0.570. The maximum absolute atomic E-state index is 5.90. The zero-order valence-corrected chi connectivity index (χ0v) is 11.2. The van der Waals surface area contributed by atoms with Crippen LogP contribution < -0.4 is 5.73 Å². The summed E-state index contributed by atoms with van der Waals surface area (Å²) in [5.74, 6) is 0.665. The average Bonchev–Trinajstić information content (AvgIpc) is 2.35. The highest BCUT2D eigenvalue weighted by Gasteiger charge is 2.24. The van der Waals surface area contributed by atoms with Crippen molar-refractivity contribution >= 4 is 11.6 Å². The molecule has 0 radical (unpaired) electrons. The van der Waals surface area contributed by atoms with Crippen LogP contribution in [0.1, 0.15) is 25.3 Å². The zero-order chi connectivity index (χ0) is 12.3. The number of likely N-dealkylation sites (tertiary alicyclic amines) is 1. The molecule has 94 valence electrons. The second-order valence-corrected chi connectivity index (χ2v) is 5.52. The lowest BCUT2D eigenvalue weighted by atomic mass is 9.93. The fraction of sp³-hybridized carbons (Fsp3) is 0.571. The molecule has 0 amide bonds. The van der Waals surface area contributed by atoms with Crippen molar-refractivity contribution in [3.63, 3.8) is 0 Å². The first-order valence-corrected chi connectivity index (χ1v) is 6.75. The Morgan fingerprint density at radius 1 is 1.29 bits per heavy atom. The van der Waals surface area contributed by atoms with Gasteiger partial charge in [-0.15, -0.1) is 0 Å². The molecule has 2 atom stereocenters. The van der Waals surface area contributed by atoms with Crippen molar-refractivity contribution in [2.45, 2.75) is 32.4 Å². The Morgan fingerprint density at radius 2 is 2.00 bits per heavy atom. The van der Waals surface area contributed by atoms with E-state index in [0.717, 1.165) is 24.7 Å². The van der Waals surface area contributed by atoms with E-state index in [2.05, 4.69) is 24.0 Å². The predicted molar refractivity (Wildman–Crippen MR) is 73.1 cm³/mol. The molecule has 0 aliphatic carbocycles. The molecule has 1 aromatic rings. The normalized spacial score (nSPS) is 26.1. The number of benzene rings is 1. The Balaban J connectivity index is 1.98. The van der Waals surface area contributed by atoms with Crippen molar-refractivity contribution < 1.29 is 0 Å². The number of halogens is 1. The van der Waals surface area contributed by atoms with Gasteiger partial charge in [-0.2, -0.15) is 0 Å². The predicted octanol–water partition coefficient (Wildman–Crippen LogP) is 2.90. The van der Waals surface area contributed by atoms with E-state index in [4.69, 9.17) is 17.3 Å². The molecule has 1 saturated heterocycles. The highest BCUT2D eigenvalue weighted by Crippen LogP contribution is 2.23. The largest absolute Gasteiger partial charge is 0.330 e. The summed E-state index contributed by atoms with van der Waals surface area (Å²) in [7, 11) is 0. The smallest absolute Gasteiger partial charge is 0.0406 e. The summed E-state index contributed by atoms with van der Waals surface area (Å²) in [6, 6.07) is 8.81. The molecule has 2 rings (SSSR count). The third-order valence-electron chi connectivity index (χ3n) is 3.74. The second kappa shape index (κ2) is 5.85. The van der Waals surface area contributed by atoms with Gasteiger partial charge in [-0.1, -0.05) is 23.7 Å². The lowest BCUT2D eigenvalue weighted by Gasteiger charge is -2.37. The molecule has 0 bridgehead atoms. The minimum atomic E-state index is 0.661. The van der Waals surface area contributed by atoms with Crippen LogP contribution in [0.25, 0.3) is 0 Å². The van der Waals surface area contributed by atoms with Crippen molar-refractivity contribution in [3.05, 3.63) is 34.9 Å². The molecule has 2 N–H and O–H groups in total. The fourth-order valence-corrected chi connectivity index (χ4v) is 2.63. The van der Waals surface area contributed by atoms with Gasteiger partial charge in [-0.3, -0.25) is 4.90 Å². The molecule has 2 nitrogen and oxygen atoms in total. The summed E-state index contributed by atoms with van der Waals surface area (Å²) >= 11 is 5.90. The van der Waals surface area contributed by atoms with E-state index in [9.17, 15) is 0 Å². The molecule has 1 aromatic carbocycles. The van der Waals surface area contributed by atoms with Crippen LogP contribution in [0.15, 0.2) is 24.3 Å². The van der Waals surface area contributed by atoms with Crippen molar-refractivity contribution in [1.82, 2.24) is 4.90 Å². The van der Waals surface area contributed by atoms with E-state index in [1.807, 2.05) is 12.1 Å². The van der Waals surface area contributed by atoms with E-state index in [1.54, 1.807) is 0 Å². The van der Waals surface area contributed by atoms with E-state index in [0.29, 0.717) is 12.0 Å². The molecular weight excluding hydrogens is 232 g/mol. The highest BCUT2D eigenvalue weighted by atomic mass is 35.5. The Morgan fingerprint density at radius 3 is 2.65 bits per heavy atom. The Bertz CT molecular complexity index is 350. The number of hydrogen-bond donors (Lipinski definition) is 1. The molecular formula is C14H21ClN2. The van der Waals surface area contributed by atoms with Gasteiger partial charge in [0, 0.05) is 24.2 Å². The van der Waals surface area contributed by atoms with Crippen LogP contribution in [0, 0.1) is 5.92 Å². The number of nitrogens with two attached hydrogens (primary N) is 1. The van der Waals surface area contributed by atoms with Crippen molar-refractivity contribution in [2.75, 3.05) is 13.1 Å². The zero-order valence-electron chi connectivity index (χ0n) is 10.4. The summed E-state index contributed by atoms with van der Waals surface area (Å²) in [4.78, 5) is 2.53. The second-order valence-electron chi connectivity index (χ2n) is 5.08. The van der Waals surface area contributed by atoms with E-state index in [-0.39, 0.29) is 0 Å². The Labute approximate surface area is 109 Å². The van der Waals surface area contributed by atoms with Crippen LogP contribution >= 0.6 is 11.6 Å². The van der Waals surface area contributed by atoms with Crippen LogP contribution in [0.2, 0.25) is 5.02 Å². The Kier molecular flexibility index (Phi) is 4.43. The SMILES string of the molecule is CC1CCC(CN)CN1Cc1ccc(Cl)cc1. The molecule has 2 unspecified atom stereocenters. The van der Waals surface area contributed by atoms with E-state index >= 15 is 0 Å². The van der Waals surface area contributed by atoms with Gasteiger partial charge in [0.2, 0.25) is 0 Å². The van der Waals surface area contributed by atoms with Crippen LogP contribution in [0.5, 0.6) is 0 Å². The van der Waals surface area contributed by atoms with Gasteiger partial charge in [0.1, 0.15) is 0 Å². The van der Waals surface area contributed by atoms with Gasteiger partial charge in [-0.25, -0.2) is 0 Å². The highest BCUT2D eigenvalue weighted by molar-refractivity contribution is 6.30.